The van der Waals surface area contributed by atoms with E-state index < -0.39 is 0 Å². The van der Waals surface area contributed by atoms with Crippen molar-refractivity contribution < 1.29 is 4.74 Å². The fraction of sp³-hybridized carbons (Fsp3) is 0.533. The monoisotopic (exact) mass is 312 g/mol. The van der Waals surface area contributed by atoms with Crippen molar-refractivity contribution in [1.82, 2.24) is 4.90 Å². The molecular weight excluding hydrogens is 292 g/mol. The number of halogens is 1. The van der Waals surface area contributed by atoms with Crippen LogP contribution < -0.4 is 10.1 Å². The Morgan fingerprint density at radius 3 is 2.60 bits per heavy atom. The van der Waals surface area contributed by atoms with E-state index in [1.807, 2.05) is 12.1 Å². The number of methoxy groups -OCH3 is 1. The molecule has 0 amide bonds. The summed E-state index contributed by atoms with van der Waals surface area (Å²) in [4.78, 5) is 2.28. The SMILES string of the molecule is COc1ccc(Cl)cc1NC(=S)N1C(C)CCCC1C. The number of benzene rings is 1. The van der Waals surface area contributed by atoms with Crippen LogP contribution in [0.15, 0.2) is 18.2 Å². The summed E-state index contributed by atoms with van der Waals surface area (Å²) >= 11 is 11.6. The zero-order valence-electron chi connectivity index (χ0n) is 12.1. The Hall–Kier alpha value is -1.00. The molecular formula is C15H21ClN2OS. The van der Waals surface area contributed by atoms with Gasteiger partial charge in [0.15, 0.2) is 5.11 Å². The molecule has 3 nitrogen and oxygen atoms in total. The van der Waals surface area contributed by atoms with Crippen molar-refractivity contribution in [3.05, 3.63) is 23.2 Å². The minimum atomic E-state index is 0.462. The summed E-state index contributed by atoms with van der Waals surface area (Å²) in [5, 5.41) is 4.68. The number of piperidine rings is 1. The maximum atomic E-state index is 6.05. The molecule has 1 saturated heterocycles. The highest BCUT2D eigenvalue weighted by Crippen LogP contribution is 2.29. The number of rotatable bonds is 2. The van der Waals surface area contributed by atoms with Gasteiger partial charge in [-0.05, 0) is 63.5 Å². The van der Waals surface area contributed by atoms with Gasteiger partial charge in [0.25, 0.3) is 0 Å². The minimum Gasteiger partial charge on any atom is -0.495 e. The molecule has 1 aliphatic heterocycles. The van der Waals surface area contributed by atoms with Crippen LogP contribution in [0.5, 0.6) is 5.75 Å². The first kappa shape index (κ1) is 15.4. The van der Waals surface area contributed by atoms with E-state index in [1.54, 1.807) is 13.2 Å². The van der Waals surface area contributed by atoms with E-state index in [2.05, 4.69) is 24.1 Å². The highest BCUT2D eigenvalue weighted by Gasteiger charge is 2.27. The molecule has 2 unspecified atom stereocenters. The van der Waals surface area contributed by atoms with Crippen molar-refractivity contribution in [2.45, 2.75) is 45.2 Å². The molecule has 2 atom stereocenters. The van der Waals surface area contributed by atoms with Crippen molar-refractivity contribution in [1.29, 1.82) is 0 Å². The lowest BCUT2D eigenvalue weighted by atomic mass is 9.98. The quantitative estimate of drug-likeness (QED) is 0.823. The van der Waals surface area contributed by atoms with E-state index in [-0.39, 0.29) is 0 Å². The van der Waals surface area contributed by atoms with Crippen molar-refractivity contribution in [3.63, 3.8) is 0 Å². The van der Waals surface area contributed by atoms with Gasteiger partial charge in [-0.25, -0.2) is 0 Å². The first-order chi connectivity index (χ1) is 9.52. The predicted octanol–water partition coefficient (Wildman–Crippen LogP) is 4.31. The molecule has 1 aliphatic rings. The standard InChI is InChI=1S/C15H21ClN2OS/c1-10-5-4-6-11(2)18(10)15(20)17-13-9-12(16)7-8-14(13)19-3/h7-11H,4-6H2,1-3H3,(H,17,20). The normalized spacial score (nSPS) is 22.5. The second-order valence-electron chi connectivity index (χ2n) is 5.31. The molecule has 1 aromatic rings. The molecule has 1 fully saturated rings. The first-order valence-corrected chi connectivity index (χ1v) is 7.74. The number of thiocarbonyl (C=S) groups is 1. The van der Waals surface area contributed by atoms with E-state index in [0.717, 1.165) is 16.5 Å². The van der Waals surface area contributed by atoms with Crippen LogP contribution in [-0.4, -0.2) is 29.2 Å². The number of likely N-dealkylation sites (tertiary alicyclic amines) is 1. The number of hydrogen-bond acceptors (Lipinski definition) is 2. The largest absolute Gasteiger partial charge is 0.495 e. The molecule has 0 bridgehead atoms. The minimum absolute atomic E-state index is 0.462. The van der Waals surface area contributed by atoms with Crippen LogP contribution in [0.2, 0.25) is 5.02 Å². The fourth-order valence-electron chi connectivity index (χ4n) is 2.78. The summed E-state index contributed by atoms with van der Waals surface area (Å²) < 4.78 is 5.34. The Balaban J connectivity index is 2.16. The average Bonchev–Trinajstić information content (AvgIpc) is 2.38. The van der Waals surface area contributed by atoms with Gasteiger partial charge in [0.05, 0.1) is 12.8 Å². The Kier molecular flexibility index (Phi) is 5.11. The van der Waals surface area contributed by atoms with Crippen LogP contribution >= 0.6 is 23.8 Å². The summed E-state index contributed by atoms with van der Waals surface area (Å²) in [6.07, 6.45) is 3.62. The lowest BCUT2D eigenvalue weighted by Crippen LogP contribution is -2.49. The second kappa shape index (κ2) is 6.64. The Labute approximate surface area is 131 Å². The number of nitrogens with one attached hydrogen (secondary N) is 1. The van der Waals surface area contributed by atoms with Gasteiger partial charge in [-0.15, -0.1) is 0 Å². The van der Waals surface area contributed by atoms with E-state index in [0.29, 0.717) is 17.1 Å². The molecule has 20 heavy (non-hydrogen) atoms. The Morgan fingerprint density at radius 1 is 1.35 bits per heavy atom. The lowest BCUT2D eigenvalue weighted by molar-refractivity contribution is 0.194. The number of anilines is 1. The number of ether oxygens (including phenoxy) is 1. The second-order valence-corrected chi connectivity index (χ2v) is 6.13. The van der Waals surface area contributed by atoms with Gasteiger partial charge in [-0.3, -0.25) is 0 Å². The molecule has 0 aromatic heterocycles. The zero-order valence-corrected chi connectivity index (χ0v) is 13.7. The van der Waals surface area contributed by atoms with Gasteiger partial charge in [0, 0.05) is 17.1 Å². The highest BCUT2D eigenvalue weighted by atomic mass is 35.5. The summed E-state index contributed by atoms with van der Waals surface area (Å²) in [5.74, 6) is 0.745. The summed E-state index contributed by atoms with van der Waals surface area (Å²) in [6, 6.07) is 6.41. The summed E-state index contributed by atoms with van der Waals surface area (Å²) in [6.45, 7) is 4.44. The first-order valence-electron chi connectivity index (χ1n) is 6.95. The van der Waals surface area contributed by atoms with Crippen molar-refractivity contribution in [2.24, 2.45) is 0 Å². The molecule has 0 aliphatic carbocycles. The van der Waals surface area contributed by atoms with Crippen LogP contribution in [0.1, 0.15) is 33.1 Å². The molecule has 1 N–H and O–H groups in total. The van der Waals surface area contributed by atoms with Gasteiger partial charge < -0.3 is 15.0 Å². The van der Waals surface area contributed by atoms with Gasteiger partial charge in [-0.1, -0.05) is 11.6 Å². The molecule has 110 valence electrons. The fourth-order valence-corrected chi connectivity index (χ4v) is 3.42. The van der Waals surface area contributed by atoms with Crippen LogP contribution in [0.4, 0.5) is 5.69 Å². The number of nitrogens with zero attached hydrogens (tertiary/aromatic N) is 1. The van der Waals surface area contributed by atoms with E-state index in [1.165, 1.54) is 19.3 Å². The molecule has 1 heterocycles. The third-order valence-electron chi connectivity index (χ3n) is 3.83. The van der Waals surface area contributed by atoms with Crippen LogP contribution in [0, 0.1) is 0 Å². The Morgan fingerprint density at radius 2 is 2.00 bits per heavy atom. The van der Waals surface area contributed by atoms with E-state index in [9.17, 15) is 0 Å². The van der Waals surface area contributed by atoms with Gasteiger partial charge in [0.2, 0.25) is 0 Å². The maximum absolute atomic E-state index is 6.05. The van der Waals surface area contributed by atoms with Crippen LogP contribution in [0.25, 0.3) is 0 Å². The predicted molar refractivity (Wildman–Crippen MR) is 88.8 cm³/mol. The van der Waals surface area contributed by atoms with Gasteiger partial charge >= 0.3 is 0 Å². The molecule has 0 radical (unpaired) electrons. The average molecular weight is 313 g/mol. The van der Waals surface area contributed by atoms with Gasteiger partial charge in [0.1, 0.15) is 5.75 Å². The van der Waals surface area contributed by atoms with Crippen molar-refractivity contribution in [3.8, 4) is 5.75 Å². The lowest BCUT2D eigenvalue weighted by Gasteiger charge is -2.41. The molecule has 0 saturated carbocycles. The third-order valence-corrected chi connectivity index (χ3v) is 4.38. The summed E-state index contributed by atoms with van der Waals surface area (Å²) in [5.41, 5.74) is 0.815. The van der Waals surface area contributed by atoms with Crippen molar-refractivity contribution in [2.75, 3.05) is 12.4 Å². The highest BCUT2D eigenvalue weighted by molar-refractivity contribution is 7.80. The zero-order chi connectivity index (χ0) is 14.7. The number of hydrogen-bond donors (Lipinski definition) is 1. The smallest absolute Gasteiger partial charge is 0.174 e. The molecule has 0 spiro atoms. The third kappa shape index (κ3) is 3.36. The maximum Gasteiger partial charge on any atom is 0.174 e. The van der Waals surface area contributed by atoms with E-state index >= 15 is 0 Å². The Bertz CT molecular complexity index is 485. The molecule has 5 heteroatoms. The van der Waals surface area contributed by atoms with Crippen molar-refractivity contribution >= 4 is 34.6 Å². The molecule has 2 rings (SSSR count). The van der Waals surface area contributed by atoms with E-state index in [4.69, 9.17) is 28.6 Å². The molecule has 1 aromatic carbocycles. The topological polar surface area (TPSA) is 24.5 Å². The summed E-state index contributed by atoms with van der Waals surface area (Å²) in [7, 11) is 1.64. The van der Waals surface area contributed by atoms with Crippen LogP contribution in [0.3, 0.4) is 0 Å². The van der Waals surface area contributed by atoms with Crippen LogP contribution in [-0.2, 0) is 0 Å². The van der Waals surface area contributed by atoms with Gasteiger partial charge in [-0.2, -0.15) is 0 Å².